The highest BCUT2D eigenvalue weighted by molar-refractivity contribution is 5.94. The van der Waals surface area contributed by atoms with Crippen LogP contribution in [0.2, 0.25) is 0 Å². The first-order valence-corrected chi connectivity index (χ1v) is 9.60. The van der Waals surface area contributed by atoms with Crippen LogP contribution >= 0.6 is 0 Å². The monoisotopic (exact) mass is 359 g/mol. The normalized spacial score (nSPS) is 15.7. The van der Waals surface area contributed by atoms with E-state index >= 15 is 0 Å². The largest absolute Gasteiger partial charge is 0.357 e. The molecule has 1 atom stereocenters. The Labute approximate surface area is 157 Å². The first-order valence-electron chi connectivity index (χ1n) is 9.60. The molecule has 0 heterocycles. The number of guanidine groups is 1. The molecule has 1 unspecified atom stereocenters. The molecule has 0 spiro atoms. The lowest BCUT2D eigenvalue weighted by atomic mass is 10.1. The van der Waals surface area contributed by atoms with Gasteiger partial charge in [-0.3, -0.25) is 14.7 Å². The highest BCUT2D eigenvalue weighted by atomic mass is 16.1. The van der Waals surface area contributed by atoms with E-state index in [9.17, 15) is 4.79 Å². The number of benzene rings is 1. The number of aliphatic imine (C=N–C) groups is 1. The number of nitrogens with one attached hydrogen (secondary N) is 3. The Kier molecular flexibility index (Phi) is 7.91. The highest BCUT2D eigenvalue weighted by Crippen LogP contribution is 2.26. The van der Waals surface area contributed by atoms with E-state index in [1.165, 1.54) is 12.8 Å². The van der Waals surface area contributed by atoms with Gasteiger partial charge in [0, 0.05) is 37.8 Å². The van der Waals surface area contributed by atoms with Crippen LogP contribution in [0.15, 0.2) is 29.3 Å². The maximum Gasteiger partial charge on any atom is 0.251 e. The predicted molar refractivity (Wildman–Crippen MR) is 108 cm³/mol. The molecule has 1 aromatic rings. The van der Waals surface area contributed by atoms with Gasteiger partial charge in [-0.15, -0.1) is 0 Å². The Morgan fingerprint density at radius 2 is 2.12 bits per heavy atom. The molecule has 26 heavy (non-hydrogen) atoms. The summed E-state index contributed by atoms with van der Waals surface area (Å²) in [7, 11) is 3.84. The maximum absolute atomic E-state index is 11.7. The maximum atomic E-state index is 11.7. The smallest absolute Gasteiger partial charge is 0.251 e. The SMILES string of the molecule is CCNC(=NCC(C)N(C)C1CC1)NCCc1cccc(C(=O)NC)c1. The number of likely N-dealkylation sites (N-methyl/N-ethyl adjacent to an activating group) is 1. The van der Waals surface area contributed by atoms with Gasteiger partial charge in [-0.05, 0) is 57.9 Å². The summed E-state index contributed by atoms with van der Waals surface area (Å²) in [5, 5.41) is 9.35. The first kappa shape index (κ1) is 20.2. The summed E-state index contributed by atoms with van der Waals surface area (Å²) in [6, 6.07) is 8.95. The van der Waals surface area contributed by atoms with Crippen molar-refractivity contribution in [1.82, 2.24) is 20.9 Å². The fourth-order valence-corrected chi connectivity index (χ4v) is 2.87. The van der Waals surface area contributed by atoms with Crippen molar-refractivity contribution in [2.45, 2.75) is 45.2 Å². The van der Waals surface area contributed by atoms with Gasteiger partial charge in [0.05, 0.1) is 6.54 Å². The van der Waals surface area contributed by atoms with E-state index in [0.29, 0.717) is 11.6 Å². The minimum Gasteiger partial charge on any atom is -0.357 e. The zero-order chi connectivity index (χ0) is 18.9. The Morgan fingerprint density at radius 3 is 2.77 bits per heavy atom. The van der Waals surface area contributed by atoms with Crippen LogP contribution in [0.3, 0.4) is 0 Å². The van der Waals surface area contributed by atoms with Crippen LogP contribution in [0.25, 0.3) is 0 Å². The molecular formula is C20H33N5O. The topological polar surface area (TPSA) is 68.8 Å². The van der Waals surface area contributed by atoms with E-state index in [2.05, 4.69) is 41.7 Å². The third-order valence-corrected chi connectivity index (χ3v) is 4.80. The molecule has 1 aromatic carbocycles. The fourth-order valence-electron chi connectivity index (χ4n) is 2.87. The second-order valence-electron chi connectivity index (χ2n) is 6.92. The molecule has 0 aliphatic heterocycles. The average molecular weight is 360 g/mol. The van der Waals surface area contributed by atoms with Crippen molar-refractivity contribution in [3.63, 3.8) is 0 Å². The predicted octanol–water partition coefficient (Wildman–Crippen LogP) is 1.63. The van der Waals surface area contributed by atoms with Crippen LogP contribution in [0, 0.1) is 0 Å². The second-order valence-corrected chi connectivity index (χ2v) is 6.92. The number of rotatable bonds is 9. The van der Waals surface area contributed by atoms with Gasteiger partial charge in [-0.25, -0.2) is 0 Å². The third-order valence-electron chi connectivity index (χ3n) is 4.80. The van der Waals surface area contributed by atoms with Gasteiger partial charge in [0.25, 0.3) is 5.91 Å². The Morgan fingerprint density at radius 1 is 1.35 bits per heavy atom. The van der Waals surface area contributed by atoms with Crippen molar-refractivity contribution in [2.24, 2.45) is 4.99 Å². The molecule has 0 radical (unpaired) electrons. The minimum atomic E-state index is -0.0523. The zero-order valence-electron chi connectivity index (χ0n) is 16.5. The van der Waals surface area contributed by atoms with Crippen molar-refractivity contribution in [1.29, 1.82) is 0 Å². The van der Waals surface area contributed by atoms with E-state index in [-0.39, 0.29) is 5.91 Å². The van der Waals surface area contributed by atoms with E-state index in [4.69, 9.17) is 4.99 Å². The molecule has 6 nitrogen and oxygen atoms in total. The van der Waals surface area contributed by atoms with E-state index in [1.807, 2.05) is 24.3 Å². The van der Waals surface area contributed by atoms with Gasteiger partial charge in [0.1, 0.15) is 0 Å². The minimum absolute atomic E-state index is 0.0523. The van der Waals surface area contributed by atoms with Crippen molar-refractivity contribution in [3.05, 3.63) is 35.4 Å². The van der Waals surface area contributed by atoms with Crippen molar-refractivity contribution >= 4 is 11.9 Å². The van der Waals surface area contributed by atoms with Crippen LogP contribution in [0.4, 0.5) is 0 Å². The number of amides is 1. The lowest BCUT2D eigenvalue weighted by Gasteiger charge is -2.23. The molecule has 1 aliphatic rings. The summed E-state index contributed by atoms with van der Waals surface area (Å²) in [4.78, 5) is 18.9. The number of nitrogens with zero attached hydrogens (tertiary/aromatic N) is 2. The van der Waals surface area contributed by atoms with E-state index < -0.39 is 0 Å². The molecule has 3 N–H and O–H groups in total. The van der Waals surface area contributed by atoms with E-state index in [0.717, 1.165) is 43.6 Å². The molecule has 1 saturated carbocycles. The lowest BCUT2D eigenvalue weighted by Crippen LogP contribution is -2.40. The molecular weight excluding hydrogens is 326 g/mol. The molecule has 1 amide bonds. The second kappa shape index (κ2) is 10.2. The zero-order valence-corrected chi connectivity index (χ0v) is 16.5. The summed E-state index contributed by atoms with van der Waals surface area (Å²) in [6.45, 7) is 6.70. The highest BCUT2D eigenvalue weighted by Gasteiger charge is 2.28. The van der Waals surface area contributed by atoms with Crippen LogP contribution < -0.4 is 16.0 Å². The van der Waals surface area contributed by atoms with Gasteiger partial charge in [-0.1, -0.05) is 12.1 Å². The van der Waals surface area contributed by atoms with Crippen molar-refractivity contribution in [2.75, 3.05) is 33.7 Å². The molecule has 144 valence electrons. The summed E-state index contributed by atoms with van der Waals surface area (Å²) >= 11 is 0. The van der Waals surface area contributed by atoms with Gasteiger partial charge >= 0.3 is 0 Å². The molecule has 0 bridgehead atoms. The number of hydrogen-bond acceptors (Lipinski definition) is 3. The van der Waals surface area contributed by atoms with Crippen molar-refractivity contribution in [3.8, 4) is 0 Å². The van der Waals surface area contributed by atoms with Gasteiger partial charge in [0.2, 0.25) is 0 Å². The summed E-state index contributed by atoms with van der Waals surface area (Å²) in [5.41, 5.74) is 1.83. The van der Waals surface area contributed by atoms with Crippen LogP contribution in [-0.4, -0.2) is 62.6 Å². The summed E-state index contributed by atoms with van der Waals surface area (Å²) in [6.07, 6.45) is 3.47. The first-order chi connectivity index (χ1) is 12.5. The van der Waals surface area contributed by atoms with Gasteiger partial charge in [0.15, 0.2) is 5.96 Å². The van der Waals surface area contributed by atoms with Crippen LogP contribution in [-0.2, 0) is 6.42 Å². The third kappa shape index (κ3) is 6.33. The summed E-state index contributed by atoms with van der Waals surface area (Å²) < 4.78 is 0. The van der Waals surface area contributed by atoms with E-state index in [1.54, 1.807) is 7.05 Å². The quantitative estimate of drug-likeness (QED) is 0.463. The average Bonchev–Trinajstić information content (AvgIpc) is 3.50. The van der Waals surface area contributed by atoms with Crippen molar-refractivity contribution < 1.29 is 4.79 Å². The number of carbonyl (C=O) groups excluding carboxylic acids is 1. The van der Waals surface area contributed by atoms with Gasteiger partial charge < -0.3 is 16.0 Å². The van der Waals surface area contributed by atoms with Crippen LogP contribution in [0.5, 0.6) is 0 Å². The fraction of sp³-hybridized carbons (Fsp3) is 0.600. The summed E-state index contributed by atoms with van der Waals surface area (Å²) in [5.74, 6) is 0.800. The van der Waals surface area contributed by atoms with Gasteiger partial charge in [-0.2, -0.15) is 0 Å². The Bertz CT molecular complexity index is 612. The molecule has 1 aliphatic carbocycles. The molecule has 0 aromatic heterocycles. The Balaban J connectivity index is 1.83. The molecule has 1 fully saturated rings. The lowest BCUT2D eigenvalue weighted by molar-refractivity contribution is 0.0963. The number of carbonyl (C=O) groups is 1. The molecule has 0 saturated heterocycles. The molecule has 2 rings (SSSR count). The van der Waals surface area contributed by atoms with Crippen LogP contribution in [0.1, 0.15) is 42.6 Å². The molecule has 6 heteroatoms. The standard InChI is InChI=1S/C20H33N5O/c1-5-22-20(24-14-15(2)25(4)18-9-10-18)23-12-11-16-7-6-8-17(13-16)19(26)21-3/h6-8,13,15,18H,5,9-12,14H2,1-4H3,(H,21,26)(H2,22,23,24). The number of hydrogen-bond donors (Lipinski definition) is 3. The Hall–Kier alpha value is -2.08.